The molecule has 0 unspecified atom stereocenters. The second-order valence-corrected chi connectivity index (χ2v) is 5.66. The molecule has 0 saturated carbocycles. The van der Waals surface area contributed by atoms with Gasteiger partial charge in [-0.2, -0.15) is 0 Å². The summed E-state index contributed by atoms with van der Waals surface area (Å²) in [5.41, 5.74) is 0.692. The smallest absolute Gasteiger partial charge is 0.303 e. The summed E-state index contributed by atoms with van der Waals surface area (Å²) in [5.74, 6) is -1.09. The van der Waals surface area contributed by atoms with Crippen LogP contribution in [0.15, 0.2) is 29.2 Å². The first-order valence-electron chi connectivity index (χ1n) is 4.93. The van der Waals surface area contributed by atoms with Crippen LogP contribution in [0.3, 0.4) is 0 Å². The maximum absolute atomic E-state index is 11.8. The summed E-state index contributed by atoms with van der Waals surface area (Å²) in [6.07, 6.45) is 0.0249. The first kappa shape index (κ1) is 12.7. The van der Waals surface area contributed by atoms with Gasteiger partial charge in [0.15, 0.2) is 9.84 Å². The van der Waals surface area contributed by atoms with Crippen LogP contribution < -0.4 is 0 Å². The van der Waals surface area contributed by atoms with Crippen LogP contribution in [0.4, 0.5) is 0 Å². The lowest BCUT2D eigenvalue weighted by Gasteiger charge is -2.06. The number of hydrogen-bond acceptors (Lipinski definition) is 3. The SMILES string of the molecule is Cc1ccccc1S(=O)(=O)CCCC(=O)O. The number of carboxylic acids is 1. The lowest BCUT2D eigenvalue weighted by Crippen LogP contribution is -2.10. The number of sulfone groups is 1. The van der Waals surface area contributed by atoms with Crippen LogP contribution in [0.1, 0.15) is 18.4 Å². The molecule has 88 valence electrons. The van der Waals surface area contributed by atoms with Crippen molar-refractivity contribution >= 4 is 15.8 Å². The number of benzene rings is 1. The molecule has 0 spiro atoms. The third-order valence-corrected chi connectivity index (χ3v) is 4.19. The number of rotatable bonds is 5. The number of carbonyl (C=O) groups is 1. The molecule has 1 aromatic rings. The molecule has 0 aliphatic rings. The number of carboxylic acid groups (broad SMARTS) is 1. The summed E-state index contributed by atoms with van der Waals surface area (Å²) in [7, 11) is -3.35. The summed E-state index contributed by atoms with van der Waals surface area (Å²) in [5, 5.41) is 8.44. The van der Waals surface area contributed by atoms with Gasteiger partial charge in [0.25, 0.3) is 0 Å². The molecule has 1 N–H and O–H groups in total. The van der Waals surface area contributed by atoms with E-state index in [-0.39, 0.29) is 18.6 Å². The molecule has 0 bridgehead atoms. The highest BCUT2D eigenvalue weighted by atomic mass is 32.2. The second kappa shape index (κ2) is 5.12. The van der Waals surface area contributed by atoms with Gasteiger partial charge in [0.2, 0.25) is 0 Å². The van der Waals surface area contributed by atoms with Crippen LogP contribution in [-0.4, -0.2) is 25.2 Å². The van der Waals surface area contributed by atoms with Crippen molar-refractivity contribution < 1.29 is 18.3 Å². The van der Waals surface area contributed by atoms with Gasteiger partial charge < -0.3 is 5.11 Å². The first-order chi connectivity index (χ1) is 7.43. The fourth-order valence-electron chi connectivity index (χ4n) is 1.43. The van der Waals surface area contributed by atoms with Gasteiger partial charge in [-0.1, -0.05) is 18.2 Å². The van der Waals surface area contributed by atoms with E-state index >= 15 is 0 Å². The molecular formula is C11H14O4S. The number of hydrogen-bond donors (Lipinski definition) is 1. The van der Waals surface area contributed by atoms with Crippen molar-refractivity contribution in [3.63, 3.8) is 0 Å². The van der Waals surface area contributed by atoms with E-state index in [1.807, 2.05) is 0 Å². The maximum Gasteiger partial charge on any atom is 0.303 e. The van der Waals surface area contributed by atoms with E-state index in [2.05, 4.69) is 0 Å². The molecule has 0 amide bonds. The van der Waals surface area contributed by atoms with Crippen molar-refractivity contribution in [3.05, 3.63) is 29.8 Å². The molecule has 1 rings (SSSR count). The molecule has 16 heavy (non-hydrogen) atoms. The normalized spacial score (nSPS) is 11.3. The van der Waals surface area contributed by atoms with Gasteiger partial charge in [0.05, 0.1) is 10.6 Å². The Bertz CT molecular complexity index is 477. The van der Waals surface area contributed by atoms with E-state index in [1.54, 1.807) is 31.2 Å². The quantitative estimate of drug-likeness (QED) is 0.851. The van der Waals surface area contributed by atoms with E-state index in [9.17, 15) is 13.2 Å². The van der Waals surface area contributed by atoms with Gasteiger partial charge in [-0.05, 0) is 25.0 Å². The van der Waals surface area contributed by atoms with Crippen molar-refractivity contribution in [1.29, 1.82) is 0 Å². The standard InChI is InChI=1S/C11H14O4S/c1-9-5-2-3-6-10(9)16(14,15)8-4-7-11(12)13/h2-3,5-6H,4,7-8H2,1H3,(H,12,13). The third kappa shape index (κ3) is 3.34. The second-order valence-electron chi connectivity index (χ2n) is 3.58. The Hall–Kier alpha value is -1.36. The topological polar surface area (TPSA) is 71.4 Å². The summed E-state index contributed by atoms with van der Waals surface area (Å²) >= 11 is 0. The Kier molecular flexibility index (Phi) is 4.06. The molecule has 0 aromatic heterocycles. The molecule has 0 fully saturated rings. The van der Waals surface area contributed by atoms with E-state index < -0.39 is 15.8 Å². The first-order valence-corrected chi connectivity index (χ1v) is 6.59. The van der Waals surface area contributed by atoms with Crippen molar-refractivity contribution in [3.8, 4) is 0 Å². The van der Waals surface area contributed by atoms with E-state index in [1.165, 1.54) is 0 Å². The third-order valence-electron chi connectivity index (χ3n) is 2.23. The zero-order valence-electron chi connectivity index (χ0n) is 9.01. The van der Waals surface area contributed by atoms with Gasteiger partial charge >= 0.3 is 5.97 Å². The average molecular weight is 242 g/mol. The molecular weight excluding hydrogens is 228 g/mol. The summed E-state index contributed by atoms with van der Waals surface area (Å²) in [6, 6.07) is 6.71. The maximum atomic E-state index is 11.8. The molecule has 0 aliphatic heterocycles. The molecule has 0 atom stereocenters. The van der Waals surface area contributed by atoms with Crippen molar-refractivity contribution in [1.82, 2.24) is 0 Å². The fraction of sp³-hybridized carbons (Fsp3) is 0.364. The molecule has 4 nitrogen and oxygen atoms in total. The predicted molar refractivity (Wildman–Crippen MR) is 60.1 cm³/mol. The Labute approximate surface area is 94.8 Å². The van der Waals surface area contributed by atoms with Crippen LogP contribution in [-0.2, 0) is 14.6 Å². The van der Waals surface area contributed by atoms with E-state index in [4.69, 9.17) is 5.11 Å². The Balaban J connectivity index is 2.79. The largest absolute Gasteiger partial charge is 0.481 e. The monoisotopic (exact) mass is 242 g/mol. The highest BCUT2D eigenvalue weighted by molar-refractivity contribution is 7.91. The molecule has 0 saturated heterocycles. The highest BCUT2D eigenvalue weighted by Gasteiger charge is 2.16. The highest BCUT2D eigenvalue weighted by Crippen LogP contribution is 2.16. The Morgan fingerprint density at radius 1 is 1.31 bits per heavy atom. The van der Waals surface area contributed by atoms with Crippen LogP contribution in [0.5, 0.6) is 0 Å². The number of aryl methyl sites for hydroxylation is 1. The van der Waals surface area contributed by atoms with Crippen molar-refractivity contribution in [2.75, 3.05) is 5.75 Å². The van der Waals surface area contributed by atoms with Crippen molar-refractivity contribution in [2.45, 2.75) is 24.7 Å². The van der Waals surface area contributed by atoms with Crippen LogP contribution in [0.2, 0.25) is 0 Å². The number of aliphatic carboxylic acids is 1. The van der Waals surface area contributed by atoms with Crippen molar-refractivity contribution in [2.24, 2.45) is 0 Å². The predicted octanol–water partition coefficient (Wildman–Crippen LogP) is 1.63. The van der Waals surface area contributed by atoms with Gasteiger partial charge in [-0.3, -0.25) is 4.79 Å². The molecule has 0 radical (unpaired) electrons. The van der Waals surface area contributed by atoms with Gasteiger partial charge in [0, 0.05) is 6.42 Å². The van der Waals surface area contributed by atoms with Crippen LogP contribution in [0.25, 0.3) is 0 Å². The minimum absolute atomic E-state index is 0.120. The Morgan fingerprint density at radius 3 is 2.50 bits per heavy atom. The minimum Gasteiger partial charge on any atom is -0.481 e. The summed E-state index contributed by atoms with van der Waals surface area (Å²) in [6.45, 7) is 1.73. The molecule has 0 heterocycles. The average Bonchev–Trinajstić information content (AvgIpc) is 2.17. The summed E-state index contributed by atoms with van der Waals surface area (Å²) in [4.78, 5) is 10.6. The minimum atomic E-state index is -3.35. The fourth-order valence-corrected chi connectivity index (χ4v) is 3.02. The van der Waals surface area contributed by atoms with E-state index in [0.29, 0.717) is 10.5 Å². The van der Waals surface area contributed by atoms with Crippen LogP contribution in [0, 0.1) is 6.92 Å². The zero-order chi connectivity index (χ0) is 12.2. The Morgan fingerprint density at radius 2 is 1.94 bits per heavy atom. The lowest BCUT2D eigenvalue weighted by atomic mass is 10.2. The van der Waals surface area contributed by atoms with Gasteiger partial charge in [0.1, 0.15) is 0 Å². The van der Waals surface area contributed by atoms with E-state index in [0.717, 1.165) is 0 Å². The van der Waals surface area contributed by atoms with Crippen LogP contribution >= 0.6 is 0 Å². The zero-order valence-corrected chi connectivity index (χ0v) is 9.83. The molecule has 5 heteroatoms. The summed E-state index contributed by atoms with van der Waals surface area (Å²) < 4.78 is 23.7. The van der Waals surface area contributed by atoms with Gasteiger partial charge in [-0.25, -0.2) is 8.42 Å². The van der Waals surface area contributed by atoms with Gasteiger partial charge in [-0.15, -0.1) is 0 Å². The molecule has 1 aromatic carbocycles. The molecule has 0 aliphatic carbocycles. The lowest BCUT2D eigenvalue weighted by molar-refractivity contribution is -0.137.